The first-order chi connectivity index (χ1) is 11.1. The van der Waals surface area contributed by atoms with Gasteiger partial charge in [0.25, 0.3) is 0 Å². The summed E-state index contributed by atoms with van der Waals surface area (Å²) in [5.41, 5.74) is 1.98. The molecule has 3 rings (SSSR count). The summed E-state index contributed by atoms with van der Waals surface area (Å²) in [4.78, 5) is 12.3. The lowest BCUT2D eigenvalue weighted by atomic mass is 10.2. The number of carbonyl (C=O) groups is 1. The molecule has 1 aliphatic rings. The zero-order valence-corrected chi connectivity index (χ0v) is 14.0. The van der Waals surface area contributed by atoms with E-state index in [1.165, 1.54) is 0 Å². The van der Waals surface area contributed by atoms with Crippen molar-refractivity contribution in [3.8, 4) is 0 Å². The number of amides is 1. The molecule has 120 valence electrons. The minimum atomic E-state index is -0.0797. The summed E-state index contributed by atoms with van der Waals surface area (Å²) in [5.74, 6) is 0.0182. The van der Waals surface area contributed by atoms with Crippen LogP contribution in [0.25, 0.3) is 0 Å². The molecule has 23 heavy (non-hydrogen) atoms. The standard InChI is InChI=1S/C18H20ClN3O/c1-13-12-18(20-16-10-8-15(19)9-11-16)22(14(2)23)21(13)17-6-4-3-5-7-17/h3-11,13,18,20H,12H2,1-2H3/t13-,18-/m1/s1. The van der Waals surface area contributed by atoms with Gasteiger partial charge in [0.05, 0.1) is 11.7 Å². The number of nitrogens with one attached hydrogen (secondary N) is 1. The third-order valence-corrected chi connectivity index (χ3v) is 4.28. The Balaban J connectivity index is 1.86. The van der Waals surface area contributed by atoms with E-state index < -0.39 is 0 Å². The van der Waals surface area contributed by atoms with Gasteiger partial charge in [0, 0.05) is 24.1 Å². The van der Waals surface area contributed by atoms with E-state index in [1.807, 2.05) is 54.6 Å². The Morgan fingerprint density at radius 2 is 1.78 bits per heavy atom. The summed E-state index contributed by atoms with van der Waals surface area (Å²) in [5, 5.41) is 8.00. The van der Waals surface area contributed by atoms with E-state index in [2.05, 4.69) is 17.2 Å². The largest absolute Gasteiger partial charge is 0.364 e. The monoisotopic (exact) mass is 329 g/mol. The molecule has 0 unspecified atom stereocenters. The second kappa shape index (κ2) is 6.50. The predicted octanol–water partition coefficient (Wildman–Crippen LogP) is 4.14. The molecule has 1 amide bonds. The molecular weight excluding hydrogens is 310 g/mol. The van der Waals surface area contributed by atoms with E-state index in [4.69, 9.17) is 11.6 Å². The fourth-order valence-corrected chi connectivity index (χ4v) is 3.20. The fraction of sp³-hybridized carbons (Fsp3) is 0.278. The fourth-order valence-electron chi connectivity index (χ4n) is 3.07. The normalized spacial score (nSPS) is 20.7. The highest BCUT2D eigenvalue weighted by molar-refractivity contribution is 6.30. The van der Waals surface area contributed by atoms with Crippen LogP contribution in [0.15, 0.2) is 54.6 Å². The third kappa shape index (κ3) is 3.27. The average Bonchev–Trinajstić information content (AvgIpc) is 2.87. The number of hydrogen-bond acceptors (Lipinski definition) is 3. The van der Waals surface area contributed by atoms with E-state index in [9.17, 15) is 4.79 Å². The molecule has 5 heteroatoms. The molecular formula is C18H20ClN3O. The maximum atomic E-state index is 12.3. The van der Waals surface area contributed by atoms with Gasteiger partial charge in [0.15, 0.2) is 0 Å². The highest BCUT2D eigenvalue weighted by atomic mass is 35.5. The molecule has 0 radical (unpaired) electrons. The van der Waals surface area contributed by atoms with Crippen LogP contribution in [0.4, 0.5) is 11.4 Å². The van der Waals surface area contributed by atoms with Crippen LogP contribution in [0.1, 0.15) is 20.3 Å². The van der Waals surface area contributed by atoms with E-state index >= 15 is 0 Å². The van der Waals surface area contributed by atoms with Gasteiger partial charge < -0.3 is 5.32 Å². The van der Waals surface area contributed by atoms with Crippen LogP contribution in [0.5, 0.6) is 0 Å². The Bertz CT molecular complexity index is 674. The highest BCUT2D eigenvalue weighted by Crippen LogP contribution is 2.31. The Morgan fingerprint density at radius 1 is 1.13 bits per heavy atom. The van der Waals surface area contributed by atoms with Crippen molar-refractivity contribution in [2.45, 2.75) is 32.5 Å². The molecule has 1 saturated heterocycles. The van der Waals surface area contributed by atoms with Crippen molar-refractivity contribution in [2.75, 3.05) is 10.3 Å². The lowest BCUT2D eigenvalue weighted by molar-refractivity contribution is -0.129. The maximum absolute atomic E-state index is 12.3. The second-order valence-corrected chi connectivity index (χ2v) is 6.23. The van der Waals surface area contributed by atoms with Gasteiger partial charge in [-0.3, -0.25) is 9.80 Å². The number of carbonyl (C=O) groups excluding carboxylic acids is 1. The van der Waals surface area contributed by atoms with E-state index in [-0.39, 0.29) is 18.1 Å². The number of para-hydroxylation sites is 1. The average molecular weight is 330 g/mol. The lowest BCUT2D eigenvalue weighted by Gasteiger charge is -2.35. The molecule has 2 atom stereocenters. The van der Waals surface area contributed by atoms with E-state index in [0.29, 0.717) is 5.02 Å². The Kier molecular flexibility index (Phi) is 4.44. The molecule has 2 aromatic carbocycles. The number of anilines is 2. The van der Waals surface area contributed by atoms with Gasteiger partial charge in [-0.25, -0.2) is 5.01 Å². The molecule has 0 bridgehead atoms. The number of halogens is 1. The van der Waals surface area contributed by atoms with Crippen LogP contribution in [-0.4, -0.2) is 23.1 Å². The molecule has 1 fully saturated rings. The van der Waals surface area contributed by atoms with Crippen molar-refractivity contribution in [3.63, 3.8) is 0 Å². The van der Waals surface area contributed by atoms with Crippen molar-refractivity contribution in [2.24, 2.45) is 0 Å². The first kappa shape index (κ1) is 15.7. The van der Waals surface area contributed by atoms with Gasteiger partial charge in [0.1, 0.15) is 6.17 Å². The summed E-state index contributed by atoms with van der Waals surface area (Å²) >= 11 is 5.93. The molecule has 4 nitrogen and oxygen atoms in total. The summed E-state index contributed by atoms with van der Waals surface area (Å²) < 4.78 is 0. The second-order valence-electron chi connectivity index (χ2n) is 5.80. The number of nitrogens with zero attached hydrogens (tertiary/aromatic N) is 2. The molecule has 1 N–H and O–H groups in total. The zero-order chi connectivity index (χ0) is 16.4. The van der Waals surface area contributed by atoms with Gasteiger partial charge in [-0.15, -0.1) is 0 Å². The van der Waals surface area contributed by atoms with Crippen LogP contribution < -0.4 is 10.3 Å². The number of rotatable bonds is 3. The lowest BCUT2D eigenvalue weighted by Crippen LogP contribution is -2.48. The van der Waals surface area contributed by atoms with Crippen LogP contribution in [0.2, 0.25) is 5.02 Å². The first-order valence-electron chi connectivity index (χ1n) is 7.72. The van der Waals surface area contributed by atoms with E-state index in [0.717, 1.165) is 17.8 Å². The topological polar surface area (TPSA) is 35.6 Å². The molecule has 1 heterocycles. The number of benzene rings is 2. The molecule has 0 aromatic heterocycles. The zero-order valence-electron chi connectivity index (χ0n) is 13.2. The Hall–Kier alpha value is -2.20. The van der Waals surface area contributed by atoms with Crippen molar-refractivity contribution < 1.29 is 4.79 Å². The van der Waals surface area contributed by atoms with Crippen LogP contribution in [0, 0.1) is 0 Å². The minimum absolute atomic E-state index is 0.0182. The summed E-state index contributed by atoms with van der Waals surface area (Å²) in [6.07, 6.45) is 0.765. The van der Waals surface area contributed by atoms with Gasteiger partial charge >= 0.3 is 0 Å². The smallest absolute Gasteiger partial charge is 0.239 e. The Labute approximate surface area is 141 Å². The number of hydrogen-bond donors (Lipinski definition) is 1. The quantitative estimate of drug-likeness (QED) is 0.919. The van der Waals surface area contributed by atoms with Gasteiger partial charge in [-0.05, 0) is 43.3 Å². The van der Waals surface area contributed by atoms with Crippen LogP contribution >= 0.6 is 11.6 Å². The molecule has 1 aliphatic heterocycles. The van der Waals surface area contributed by atoms with Crippen molar-refractivity contribution in [1.29, 1.82) is 0 Å². The van der Waals surface area contributed by atoms with Gasteiger partial charge in [0.2, 0.25) is 5.91 Å². The SMILES string of the molecule is CC(=O)N1[C@@H](Nc2ccc(Cl)cc2)C[C@@H](C)N1c1ccccc1. The van der Waals surface area contributed by atoms with E-state index in [1.54, 1.807) is 11.9 Å². The molecule has 0 saturated carbocycles. The van der Waals surface area contributed by atoms with Crippen molar-refractivity contribution >= 4 is 28.9 Å². The van der Waals surface area contributed by atoms with Crippen LogP contribution in [0.3, 0.4) is 0 Å². The molecule has 0 spiro atoms. The minimum Gasteiger partial charge on any atom is -0.364 e. The van der Waals surface area contributed by atoms with Crippen molar-refractivity contribution in [1.82, 2.24) is 5.01 Å². The third-order valence-electron chi connectivity index (χ3n) is 4.03. The summed E-state index contributed by atoms with van der Waals surface area (Å²) in [6.45, 7) is 3.73. The number of hydrazine groups is 1. The predicted molar refractivity (Wildman–Crippen MR) is 94.4 cm³/mol. The molecule has 0 aliphatic carbocycles. The molecule has 2 aromatic rings. The first-order valence-corrected chi connectivity index (χ1v) is 8.10. The summed E-state index contributed by atoms with van der Waals surface area (Å²) in [7, 11) is 0. The highest BCUT2D eigenvalue weighted by Gasteiger charge is 2.38. The Morgan fingerprint density at radius 3 is 2.39 bits per heavy atom. The van der Waals surface area contributed by atoms with Crippen LogP contribution in [-0.2, 0) is 4.79 Å². The van der Waals surface area contributed by atoms with Crippen molar-refractivity contribution in [3.05, 3.63) is 59.6 Å². The van der Waals surface area contributed by atoms with Gasteiger partial charge in [-0.1, -0.05) is 29.8 Å². The maximum Gasteiger partial charge on any atom is 0.239 e. The summed E-state index contributed by atoms with van der Waals surface area (Å²) in [6, 6.07) is 17.8. The van der Waals surface area contributed by atoms with Gasteiger partial charge in [-0.2, -0.15) is 0 Å².